The van der Waals surface area contributed by atoms with Crippen molar-refractivity contribution in [3.05, 3.63) is 124 Å². The molecule has 5 aliphatic rings. The number of pyridine rings is 1. The second-order valence-electron chi connectivity index (χ2n) is 24.9. The van der Waals surface area contributed by atoms with Gasteiger partial charge < -0.3 is 65.4 Å². The summed E-state index contributed by atoms with van der Waals surface area (Å²) < 4.78 is 45.3. The minimum Gasteiger partial charge on any atom is -0.491 e. The second-order valence-corrected chi connectivity index (χ2v) is 24.9. The topological polar surface area (TPSA) is 270 Å². The maximum absolute atomic E-state index is 14.9. The highest BCUT2D eigenvalue weighted by atomic mass is 19.1. The van der Waals surface area contributed by atoms with E-state index in [1.165, 1.54) is 17.7 Å². The molecular formula is C67H85FN12O10. The highest BCUT2D eigenvalue weighted by Crippen LogP contribution is 2.44. The summed E-state index contributed by atoms with van der Waals surface area (Å²) in [6.07, 6.45) is 7.90. The van der Waals surface area contributed by atoms with Crippen LogP contribution in [0.3, 0.4) is 0 Å². The molecule has 5 heterocycles. The first-order chi connectivity index (χ1) is 43.5. The molecule has 90 heavy (non-hydrogen) atoms. The van der Waals surface area contributed by atoms with Crippen LogP contribution < -0.4 is 36.6 Å². The van der Waals surface area contributed by atoms with Crippen LogP contribution in [0.15, 0.2) is 72.9 Å². The first-order valence-electron chi connectivity index (χ1n) is 31.6. The Hall–Kier alpha value is -8.01. The van der Waals surface area contributed by atoms with Gasteiger partial charge in [-0.25, -0.2) is 9.37 Å². The molecule has 2 bridgehead atoms. The van der Waals surface area contributed by atoms with Gasteiger partial charge in [-0.3, -0.25) is 28.7 Å². The number of aromatic nitrogens is 3. The maximum atomic E-state index is 14.9. The van der Waals surface area contributed by atoms with Crippen LogP contribution in [0.4, 0.5) is 15.9 Å². The Balaban J connectivity index is 0.625. The number of amides is 5. The molecule has 3 aliphatic heterocycles. The molecule has 6 N–H and O–H groups in total. The van der Waals surface area contributed by atoms with E-state index in [1.54, 1.807) is 40.7 Å². The number of nitrogen functional groups attached to an aromatic ring is 1. The Morgan fingerprint density at radius 3 is 2.29 bits per heavy atom. The first-order valence-corrected chi connectivity index (χ1v) is 31.6. The molecule has 5 aromatic rings. The zero-order chi connectivity index (χ0) is 63.5. The molecule has 0 radical (unpaired) electrons. The van der Waals surface area contributed by atoms with Crippen molar-refractivity contribution in [2.75, 3.05) is 90.2 Å². The lowest BCUT2D eigenvalue weighted by molar-refractivity contribution is -0.147. The van der Waals surface area contributed by atoms with Crippen LogP contribution in [0.2, 0.25) is 0 Å². The number of anilines is 2. The van der Waals surface area contributed by atoms with Gasteiger partial charge in [0.15, 0.2) is 0 Å². The summed E-state index contributed by atoms with van der Waals surface area (Å²) in [5.41, 5.74) is 13.6. The number of nitriles is 1. The molecule has 10 rings (SSSR count). The summed E-state index contributed by atoms with van der Waals surface area (Å²) >= 11 is 0. The zero-order valence-electron chi connectivity index (χ0n) is 52.3. The Bertz CT molecular complexity index is 3430. The average molecular weight is 1240 g/mol. The minimum absolute atomic E-state index is 0.0237. The molecule has 3 aromatic carbocycles. The normalized spacial score (nSPS) is 18.5. The first kappa shape index (κ1) is 65.0. The summed E-state index contributed by atoms with van der Waals surface area (Å²) in [5.74, 6) is -0.830. The largest absolute Gasteiger partial charge is 0.491 e. The number of carbonyl (C=O) groups excluding carboxylic acids is 5. The Labute approximate surface area is 525 Å². The van der Waals surface area contributed by atoms with Crippen molar-refractivity contribution in [3.8, 4) is 22.9 Å². The van der Waals surface area contributed by atoms with E-state index in [1.807, 2.05) is 57.2 Å². The van der Waals surface area contributed by atoms with E-state index in [4.69, 9.17) is 34.5 Å². The highest BCUT2D eigenvalue weighted by Gasteiger charge is 2.44. The van der Waals surface area contributed by atoms with E-state index in [0.29, 0.717) is 98.4 Å². The van der Waals surface area contributed by atoms with Gasteiger partial charge in [0.2, 0.25) is 23.6 Å². The number of nitrogens with zero attached hydrogens (tertiary/aromatic N) is 7. The van der Waals surface area contributed by atoms with Crippen LogP contribution in [0.5, 0.6) is 5.75 Å². The zero-order valence-corrected chi connectivity index (χ0v) is 52.3. The lowest BCUT2D eigenvalue weighted by Crippen LogP contribution is -2.62. The van der Waals surface area contributed by atoms with Gasteiger partial charge in [-0.05, 0) is 129 Å². The summed E-state index contributed by atoms with van der Waals surface area (Å²) in [5, 5.41) is 27.6. The number of nitrogens with two attached hydrogens (primary N) is 1. The number of rotatable bonds is 26. The Kier molecular flexibility index (Phi) is 21.5. The molecule has 1 saturated carbocycles. The number of nitrogens with one attached hydrogen (secondary N) is 4. The van der Waals surface area contributed by atoms with E-state index in [0.717, 1.165) is 55.2 Å². The van der Waals surface area contributed by atoms with Gasteiger partial charge in [0, 0.05) is 61.4 Å². The molecule has 22 nitrogen and oxygen atoms in total. The van der Waals surface area contributed by atoms with E-state index in [-0.39, 0.29) is 112 Å². The summed E-state index contributed by atoms with van der Waals surface area (Å²) in [4.78, 5) is 79.8. The predicted molar refractivity (Wildman–Crippen MR) is 334 cm³/mol. The van der Waals surface area contributed by atoms with Crippen molar-refractivity contribution >= 4 is 41.0 Å². The number of ether oxygens (including phenoxy) is 5. The molecule has 5 amide bonds. The van der Waals surface area contributed by atoms with Crippen LogP contribution in [0, 0.1) is 22.6 Å². The quantitative estimate of drug-likeness (QED) is 0.0384. The number of hydrogen-bond acceptors (Lipinski definition) is 16. The Morgan fingerprint density at radius 2 is 1.57 bits per heavy atom. The van der Waals surface area contributed by atoms with Gasteiger partial charge in [-0.15, -0.1) is 0 Å². The molecule has 23 heteroatoms. The predicted octanol–water partition coefficient (Wildman–Crippen LogP) is 6.24. The monoisotopic (exact) mass is 1240 g/mol. The van der Waals surface area contributed by atoms with Crippen molar-refractivity contribution in [1.29, 1.82) is 5.26 Å². The molecular weight excluding hydrogens is 1150 g/mol. The van der Waals surface area contributed by atoms with E-state index in [2.05, 4.69) is 49.4 Å². The fourth-order valence-electron chi connectivity index (χ4n) is 12.5. The summed E-state index contributed by atoms with van der Waals surface area (Å²) in [6, 6.07) is 19.8. The van der Waals surface area contributed by atoms with Crippen LogP contribution in [0.1, 0.15) is 134 Å². The van der Waals surface area contributed by atoms with Crippen molar-refractivity contribution in [2.24, 2.45) is 5.41 Å². The molecule has 2 aromatic heterocycles. The smallest absolute Gasteiger partial charge is 0.254 e. The molecule has 2 aliphatic carbocycles. The van der Waals surface area contributed by atoms with Crippen molar-refractivity contribution in [1.82, 2.24) is 45.8 Å². The van der Waals surface area contributed by atoms with E-state index in [9.17, 15) is 33.6 Å². The number of halogens is 1. The third-order valence-corrected chi connectivity index (χ3v) is 17.6. The second kappa shape index (κ2) is 29.7. The van der Waals surface area contributed by atoms with Crippen molar-refractivity contribution < 1.29 is 52.0 Å². The lowest BCUT2D eigenvalue weighted by Gasteiger charge is -2.41. The fraction of sp³-hybridized carbons (Fsp3) is 0.522. The lowest BCUT2D eigenvalue weighted by atomic mass is 9.83. The molecule has 0 spiro atoms. The number of hydrogen-bond donors (Lipinski definition) is 5. The van der Waals surface area contributed by atoms with Gasteiger partial charge >= 0.3 is 0 Å². The van der Waals surface area contributed by atoms with Gasteiger partial charge in [0.25, 0.3) is 5.91 Å². The number of carbonyl (C=O) groups is 5. The minimum atomic E-state index is -0.895. The summed E-state index contributed by atoms with van der Waals surface area (Å²) in [7, 11) is 1.69. The van der Waals surface area contributed by atoms with Crippen LogP contribution in [0.25, 0.3) is 11.1 Å². The Morgan fingerprint density at radius 1 is 0.833 bits per heavy atom. The van der Waals surface area contributed by atoms with Crippen LogP contribution in [-0.2, 0) is 70.6 Å². The van der Waals surface area contributed by atoms with Crippen molar-refractivity contribution in [2.45, 2.75) is 141 Å². The number of fused-ring (bicyclic) bond motifs is 10. The van der Waals surface area contributed by atoms with Crippen molar-refractivity contribution in [3.63, 3.8) is 0 Å². The molecule has 5 atom stereocenters. The number of aryl methyl sites for hydroxylation is 1. The molecule has 1 saturated heterocycles. The van der Waals surface area contributed by atoms with Gasteiger partial charge in [-0.2, -0.15) is 10.4 Å². The number of benzene rings is 3. The van der Waals surface area contributed by atoms with Gasteiger partial charge in [0.05, 0.1) is 95.5 Å². The molecule has 2 fully saturated rings. The number of likely N-dealkylation sites (N-methyl/N-ethyl adjacent to an activating group) is 1. The standard InChI is InChI=1S/C67H85FN12O10/c1-42(71-5)63(82)75-61(67(2,3)4)66(85)79-40-46-34-49(19-15-44(46)35-57(79)64(83)74-53-13-8-11-43-10-6-7-12-50(43)53)90-33-32-89-31-30-88-29-28-87-27-26-86-25-21-59(81)72-22-24-80-58(38-69)60-45-36-56(62(70)73-39-45)77-23-9-14-55(77)52-37-47(68)16-20-51(52)65(84)78(48-17-18-48)41-54(60)76-80/h6-7,10,12,15-16,19-20,34,36-37,39,42,48,53,55,57,61,71H,8-9,11,13-14,17-18,21-33,35,40-41H2,1-5H3,(H2,70,73)(H,72,81)(H,74,83)(H,75,82)/t42-,53?,55+,57-,61+/m0/s1. The maximum Gasteiger partial charge on any atom is 0.254 e. The SMILES string of the molecule is CN[C@@H](C)C(=O)N[C@H](C(=O)N1Cc2cc(OCCOCCOCCOCCOCCC(=O)NCCn3nc4c(c3C#N)-c3cnc(N)c(c3)N3CCC[C@@H]3c3cc(F)ccc3C(=O)N(C3CC3)C4)ccc2C[C@H]1C(=O)NC1CCCc2ccccc21)C(C)(C)C. The highest BCUT2D eigenvalue weighted by molar-refractivity contribution is 5.97. The van der Waals surface area contributed by atoms with E-state index >= 15 is 0 Å². The fourth-order valence-corrected chi connectivity index (χ4v) is 12.5. The van der Waals surface area contributed by atoms with Gasteiger partial charge in [0.1, 0.15) is 47.8 Å². The summed E-state index contributed by atoms with van der Waals surface area (Å²) in [6.45, 7) is 11.5. The molecule has 480 valence electrons. The third-order valence-electron chi connectivity index (χ3n) is 17.6. The molecule has 1 unspecified atom stereocenters. The van der Waals surface area contributed by atoms with Crippen LogP contribution >= 0.6 is 0 Å². The van der Waals surface area contributed by atoms with Gasteiger partial charge in [-0.1, -0.05) is 51.1 Å². The van der Waals surface area contributed by atoms with E-state index < -0.39 is 29.4 Å². The average Bonchev–Trinajstić information content (AvgIpc) is 1.45. The van der Waals surface area contributed by atoms with Crippen LogP contribution in [-0.4, -0.2) is 158 Å². The third kappa shape index (κ3) is 15.6.